The van der Waals surface area contributed by atoms with Crippen molar-refractivity contribution in [3.63, 3.8) is 0 Å². The molecule has 0 fully saturated rings. The molecule has 1 unspecified atom stereocenters. The second kappa shape index (κ2) is 8.07. The van der Waals surface area contributed by atoms with E-state index in [0.29, 0.717) is 17.3 Å². The van der Waals surface area contributed by atoms with E-state index in [-0.39, 0.29) is 16.9 Å². The Morgan fingerprint density at radius 2 is 1.90 bits per heavy atom. The Morgan fingerprint density at radius 3 is 2.63 bits per heavy atom. The maximum absolute atomic E-state index is 13.0. The van der Waals surface area contributed by atoms with E-state index >= 15 is 0 Å². The number of rotatable bonds is 5. The van der Waals surface area contributed by atoms with Crippen LogP contribution in [-0.4, -0.2) is 38.2 Å². The Balaban J connectivity index is 1.53. The average molecular weight is 421 g/mol. The van der Waals surface area contributed by atoms with Crippen LogP contribution >= 0.6 is 11.8 Å². The molecule has 2 aromatic carbocycles. The van der Waals surface area contributed by atoms with Crippen LogP contribution in [0, 0.1) is 6.92 Å². The van der Waals surface area contributed by atoms with Gasteiger partial charge in [0.2, 0.25) is 5.91 Å². The summed E-state index contributed by atoms with van der Waals surface area (Å²) in [4.78, 5) is 26.5. The van der Waals surface area contributed by atoms with Crippen LogP contribution in [0.25, 0.3) is 11.4 Å². The number of Topliss-reactive ketones (excluding diaryl/α,β-unsaturated/α-hetero) is 1. The molecule has 1 aliphatic rings. The van der Waals surface area contributed by atoms with E-state index < -0.39 is 0 Å². The molecule has 0 radical (unpaired) electrons. The first-order valence-corrected chi connectivity index (χ1v) is 10.8. The minimum atomic E-state index is -0.305. The normalized spacial score (nSPS) is 13.9. The number of thioether (sulfide) groups is 1. The van der Waals surface area contributed by atoms with Crippen LogP contribution < -0.4 is 4.90 Å². The first kappa shape index (κ1) is 20.3. The fourth-order valence-electron chi connectivity index (χ4n) is 3.80. The molecule has 4 rings (SSSR count). The molecule has 0 spiro atoms. The predicted molar refractivity (Wildman–Crippen MR) is 119 cm³/mol. The number of carbonyl (C=O) groups is 2. The maximum atomic E-state index is 13.0. The molecule has 30 heavy (non-hydrogen) atoms. The van der Waals surface area contributed by atoms with Crippen LogP contribution in [0.3, 0.4) is 0 Å². The number of aryl methyl sites for hydroxylation is 1. The standard InChI is InChI=1S/C23H24N4O2S/c1-14-7-5-6-8-19(14)22-24-25-23(26(22)4)30-15(2)21(29)18-9-10-20-17(13-18)11-12-27(20)16(3)28/h5-10,13,15H,11-12H2,1-4H3. The molecule has 0 saturated heterocycles. The van der Waals surface area contributed by atoms with Crippen LogP contribution in [0.15, 0.2) is 47.6 Å². The van der Waals surface area contributed by atoms with Crippen LogP contribution in [-0.2, 0) is 18.3 Å². The molecule has 1 amide bonds. The summed E-state index contributed by atoms with van der Waals surface area (Å²) in [5.74, 6) is 0.866. The molecule has 6 nitrogen and oxygen atoms in total. The van der Waals surface area contributed by atoms with Crippen LogP contribution in [0.5, 0.6) is 0 Å². The molecular formula is C23H24N4O2S. The monoisotopic (exact) mass is 420 g/mol. The zero-order valence-electron chi connectivity index (χ0n) is 17.5. The highest BCUT2D eigenvalue weighted by Crippen LogP contribution is 2.32. The van der Waals surface area contributed by atoms with Gasteiger partial charge in [-0.25, -0.2) is 0 Å². The SMILES string of the molecule is CC(=O)N1CCc2cc(C(=O)C(C)Sc3nnc(-c4ccccc4C)n3C)ccc21. The first-order chi connectivity index (χ1) is 14.4. The summed E-state index contributed by atoms with van der Waals surface area (Å²) < 4.78 is 1.93. The van der Waals surface area contributed by atoms with E-state index in [4.69, 9.17) is 0 Å². The van der Waals surface area contributed by atoms with E-state index in [0.717, 1.165) is 34.6 Å². The lowest BCUT2D eigenvalue weighted by atomic mass is 10.0. The van der Waals surface area contributed by atoms with Gasteiger partial charge in [-0.15, -0.1) is 10.2 Å². The summed E-state index contributed by atoms with van der Waals surface area (Å²) >= 11 is 1.41. The molecule has 1 aromatic heterocycles. The van der Waals surface area contributed by atoms with Crippen molar-refractivity contribution < 1.29 is 9.59 Å². The molecular weight excluding hydrogens is 396 g/mol. The Hall–Kier alpha value is -2.93. The smallest absolute Gasteiger partial charge is 0.223 e. The lowest BCUT2D eigenvalue weighted by Gasteiger charge is -2.15. The van der Waals surface area contributed by atoms with Gasteiger partial charge in [0.05, 0.1) is 5.25 Å². The quantitative estimate of drug-likeness (QED) is 0.460. The van der Waals surface area contributed by atoms with Gasteiger partial charge in [0.1, 0.15) is 0 Å². The number of hydrogen-bond acceptors (Lipinski definition) is 5. The number of aromatic nitrogens is 3. The second-order valence-electron chi connectivity index (χ2n) is 7.57. The average Bonchev–Trinajstić information content (AvgIpc) is 3.31. The van der Waals surface area contributed by atoms with E-state index in [1.165, 1.54) is 11.8 Å². The molecule has 0 saturated carbocycles. The number of amides is 1. The summed E-state index contributed by atoms with van der Waals surface area (Å²) in [5, 5.41) is 9.07. The van der Waals surface area contributed by atoms with Gasteiger partial charge in [-0.05, 0) is 49.6 Å². The largest absolute Gasteiger partial charge is 0.312 e. The zero-order chi connectivity index (χ0) is 21.4. The van der Waals surface area contributed by atoms with Gasteiger partial charge in [-0.2, -0.15) is 0 Å². The zero-order valence-corrected chi connectivity index (χ0v) is 18.4. The van der Waals surface area contributed by atoms with E-state index in [9.17, 15) is 9.59 Å². The molecule has 0 N–H and O–H groups in total. The second-order valence-corrected chi connectivity index (χ2v) is 8.88. The number of benzene rings is 2. The lowest BCUT2D eigenvalue weighted by Crippen LogP contribution is -2.25. The molecule has 7 heteroatoms. The molecule has 2 heterocycles. The van der Waals surface area contributed by atoms with E-state index in [1.54, 1.807) is 11.8 Å². The Bertz CT molecular complexity index is 1140. The number of ketones is 1. The van der Waals surface area contributed by atoms with Gasteiger partial charge in [-0.3, -0.25) is 9.59 Å². The Kier molecular flexibility index (Phi) is 5.47. The molecule has 1 atom stereocenters. The molecule has 154 valence electrons. The summed E-state index contributed by atoms with van der Waals surface area (Å²) in [7, 11) is 1.92. The highest BCUT2D eigenvalue weighted by Gasteiger charge is 2.25. The van der Waals surface area contributed by atoms with Crippen molar-refractivity contribution in [1.82, 2.24) is 14.8 Å². The number of anilines is 1. The predicted octanol–water partition coefficient (Wildman–Crippen LogP) is 4.06. The van der Waals surface area contributed by atoms with Crippen LogP contribution in [0.2, 0.25) is 0 Å². The molecule has 0 aliphatic carbocycles. The highest BCUT2D eigenvalue weighted by molar-refractivity contribution is 8.00. The number of carbonyl (C=O) groups excluding carboxylic acids is 2. The van der Waals surface area contributed by atoms with E-state index in [1.807, 2.05) is 67.9 Å². The minimum Gasteiger partial charge on any atom is -0.312 e. The fourth-order valence-corrected chi connectivity index (χ4v) is 4.70. The van der Waals surface area contributed by atoms with E-state index in [2.05, 4.69) is 10.2 Å². The van der Waals surface area contributed by atoms with Crippen molar-refractivity contribution in [2.75, 3.05) is 11.4 Å². The van der Waals surface area contributed by atoms with Crippen molar-refractivity contribution in [2.24, 2.45) is 7.05 Å². The fraction of sp³-hybridized carbons (Fsp3) is 0.304. The minimum absolute atomic E-state index is 0.0310. The van der Waals surface area contributed by atoms with Gasteiger partial charge in [0.25, 0.3) is 0 Å². The number of fused-ring (bicyclic) bond motifs is 1. The third kappa shape index (κ3) is 3.65. The van der Waals surface area contributed by atoms with Gasteiger partial charge in [0, 0.05) is 37.3 Å². The molecule has 3 aromatic rings. The van der Waals surface area contributed by atoms with Gasteiger partial charge < -0.3 is 9.47 Å². The maximum Gasteiger partial charge on any atom is 0.223 e. The summed E-state index contributed by atoms with van der Waals surface area (Å²) in [6.45, 7) is 6.18. The van der Waals surface area contributed by atoms with Crippen molar-refractivity contribution in [2.45, 2.75) is 37.6 Å². The van der Waals surface area contributed by atoms with Gasteiger partial charge >= 0.3 is 0 Å². The lowest BCUT2D eigenvalue weighted by molar-refractivity contribution is -0.116. The topological polar surface area (TPSA) is 68.1 Å². The summed E-state index contributed by atoms with van der Waals surface area (Å²) in [6.07, 6.45) is 0.778. The van der Waals surface area contributed by atoms with Crippen molar-refractivity contribution in [3.8, 4) is 11.4 Å². The number of nitrogens with zero attached hydrogens (tertiary/aromatic N) is 4. The summed E-state index contributed by atoms with van der Waals surface area (Å²) in [5.41, 5.74) is 4.79. The first-order valence-electron chi connectivity index (χ1n) is 9.94. The summed E-state index contributed by atoms with van der Waals surface area (Å²) in [6, 6.07) is 13.7. The van der Waals surface area contributed by atoms with Crippen LogP contribution in [0.4, 0.5) is 5.69 Å². The highest BCUT2D eigenvalue weighted by atomic mass is 32.2. The number of hydrogen-bond donors (Lipinski definition) is 0. The van der Waals surface area contributed by atoms with Crippen molar-refractivity contribution in [1.29, 1.82) is 0 Å². The van der Waals surface area contributed by atoms with Crippen molar-refractivity contribution in [3.05, 3.63) is 59.2 Å². The third-order valence-corrected chi connectivity index (χ3v) is 6.65. The van der Waals surface area contributed by atoms with Gasteiger partial charge in [-0.1, -0.05) is 36.0 Å². The Morgan fingerprint density at radius 1 is 1.13 bits per heavy atom. The van der Waals surface area contributed by atoms with Gasteiger partial charge in [0.15, 0.2) is 16.8 Å². The molecule has 1 aliphatic heterocycles. The molecule has 0 bridgehead atoms. The van der Waals surface area contributed by atoms with Crippen molar-refractivity contribution >= 4 is 29.1 Å². The third-order valence-electron chi connectivity index (χ3n) is 5.51. The Labute approximate surface area is 180 Å². The van der Waals surface area contributed by atoms with Crippen LogP contribution in [0.1, 0.15) is 35.3 Å².